The summed E-state index contributed by atoms with van der Waals surface area (Å²) < 4.78 is 11.9. The van der Waals surface area contributed by atoms with Crippen molar-refractivity contribution in [3.63, 3.8) is 0 Å². The van der Waals surface area contributed by atoms with E-state index in [0.29, 0.717) is 23.8 Å². The summed E-state index contributed by atoms with van der Waals surface area (Å²) in [6, 6.07) is 0. The number of thiophene rings is 1. The maximum atomic E-state index is 11.3. The van der Waals surface area contributed by atoms with Crippen LogP contribution < -0.4 is 9.47 Å². The van der Waals surface area contributed by atoms with Gasteiger partial charge in [-0.15, -0.1) is 11.3 Å². The van der Waals surface area contributed by atoms with Crippen molar-refractivity contribution in [2.45, 2.75) is 117 Å². The lowest BCUT2D eigenvalue weighted by atomic mass is 10.1. The molecule has 0 amide bonds. The summed E-state index contributed by atoms with van der Waals surface area (Å²) in [5.41, 5.74) is 0. The number of hydrogen-bond acceptors (Lipinski definition) is 4. The third kappa shape index (κ3) is 13.0. The van der Waals surface area contributed by atoms with E-state index in [2.05, 4.69) is 13.8 Å². The molecule has 0 radical (unpaired) electrons. The summed E-state index contributed by atoms with van der Waals surface area (Å²) in [6.07, 6.45) is 21.4. The number of hydrogen-bond donors (Lipinski definition) is 0. The smallest absolute Gasteiger partial charge is 0.182 e. The molecule has 0 spiro atoms. The normalized spacial score (nSPS) is 11.0. The number of unbranched alkanes of at least 4 members (excludes halogenated alkanes) is 14. The summed E-state index contributed by atoms with van der Waals surface area (Å²) in [5.74, 6) is 1.41. The molecule has 0 N–H and O–H groups in total. The molecule has 0 aliphatic heterocycles. The lowest BCUT2D eigenvalue weighted by Gasteiger charge is -2.10. The summed E-state index contributed by atoms with van der Waals surface area (Å²) in [6.45, 7) is 5.88. The fourth-order valence-corrected chi connectivity index (χ4v) is 4.23. The van der Waals surface area contributed by atoms with E-state index in [1.165, 1.54) is 101 Å². The predicted octanol–water partition coefficient (Wildman–Crippen LogP) is 8.60. The van der Waals surface area contributed by atoms with Crippen LogP contribution in [0.2, 0.25) is 0 Å². The molecule has 0 aromatic carbocycles. The minimum absolute atomic E-state index is 0.649. The molecule has 0 saturated heterocycles. The zero-order chi connectivity index (χ0) is 21.0. The first kappa shape index (κ1) is 26.0. The van der Waals surface area contributed by atoms with Gasteiger partial charge in [-0.2, -0.15) is 0 Å². The first-order valence-corrected chi connectivity index (χ1v) is 13.0. The summed E-state index contributed by atoms with van der Waals surface area (Å²) >= 11 is 1.42. The lowest BCUT2D eigenvalue weighted by molar-refractivity contribution is 0.112. The maximum absolute atomic E-state index is 11.3. The van der Waals surface area contributed by atoms with Crippen LogP contribution in [0, 0.1) is 0 Å². The largest absolute Gasteiger partial charge is 0.489 e. The van der Waals surface area contributed by atoms with Gasteiger partial charge in [-0.05, 0) is 12.8 Å². The van der Waals surface area contributed by atoms with E-state index in [4.69, 9.17) is 9.47 Å². The molecular formula is C25H44O3S. The van der Waals surface area contributed by atoms with Gasteiger partial charge in [0.25, 0.3) is 0 Å². The topological polar surface area (TPSA) is 35.5 Å². The summed E-state index contributed by atoms with van der Waals surface area (Å²) in [7, 11) is 0. The minimum atomic E-state index is 0.649. The Morgan fingerprint density at radius 3 is 1.62 bits per heavy atom. The van der Waals surface area contributed by atoms with Crippen molar-refractivity contribution in [1.82, 2.24) is 0 Å². The lowest BCUT2D eigenvalue weighted by Crippen LogP contribution is -2.02. The molecule has 168 valence electrons. The second kappa shape index (κ2) is 19.0. The Labute approximate surface area is 183 Å². The first-order chi connectivity index (χ1) is 14.3. The van der Waals surface area contributed by atoms with Crippen LogP contribution in [-0.2, 0) is 0 Å². The van der Waals surface area contributed by atoms with Crippen molar-refractivity contribution >= 4 is 17.6 Å². The van der Waals surface area contributed by atoms with Gasteiger partial charge < -0.3 is 9.47 Å². The quantitative estimate of drug-likeness (QED) is 0.146. The average molecular weight is 425 g/mol. The van der Waals surface area contributed by atoms with Gasteiger partial charge in [0.05, 0.1) is 13.2 Å². The third-order valence-electron chi connectivity index (χ3n) is 5.35. The SMILES string of the molecule is CCCCCCCCCCOc1csc(C=O)c1OCCCCCCCCCC. The van der Waals surface area contributed by atoms with Gasteiger partial charge >= 0.3 is 0 Å². The molecule has 4 heteroatoms. The molecule has 1 aromatic heterocycles. The number of rotatable bonds is 21. The monoisotopic (exact) mass is 424 g/mol. The van der Waals surface area contributed by atoms with Crippen molar-refractivity contribution in [2.24, 2.45) is 0 Å². The Morgan fingerprint density at radius 1 is 0.690 bits per heavy atom. The van der Waals surface area contributed by atoms with E-state index in [-0.39, 0.29) is 0 Å². The van der Waals surface area contributed by atoms with Crippen LogP contribution in [0.3, 0.4) is 0 Å². The zero-order valence-electron chi connectivity index (χ0n) is 19.0. The zero-order valence-corrected chi connectivity index (χ0v) is 19.8. The highest BCUT2D eigenvalue weighted by atomic mass is 32.1. The van der Waals surface area contributed by atoms with Crippen molar-refractivity contribution < 1.29 is 14.3 Å². The molecule has 1 aromatic rings. The van der Waals surface area contributed by atoms with Gasteiger partial charge in [-0.25, -0.2) is 0 Å². The van der Waals surface area contributed by atoms with Gasteiger partial charge in [0.15, 0.2) is 17.8 Å². The fourth-order valence-electron chi connectivity index (χ4n) is 3.50. The van der Waals surface area contributed by atoms with Crippen LogP contribution in [0.5, 0.6) is 11.5 Å². The van der Waals surface area contributed by atoms with Crippen LogP contribution >= 0.6 is 11.3 Å². The molecule has 0 aliphatic rings. The van der Waals surface area contributed by atoms with E-state index < -0.39 is 0 Å². The van der Waals surface area contributed by atoms with Crippen LogP contribution in [0.15, 0.2) is 5.38 Å². The summed E-state index contributed by atoms with van der Waals surface area (Å²) in [4.78, 5) is 11.9. The Bertz CT molecular complexity index is 498. The minimum Gasteiger partial charge on any atom is -0.489 e. The van der Waals surface area contributed by atoms with Gasteiger partial charge in [-0.1, -0.05) is 104 Å². The number of carbonyl (C=O) groups is 1. The Kier molecular flexibility index (Phi) is 17.0. The van der Waals surface area contributed by atoms with E-state index >= 15 is 0 Å². The molecule has 0 saturated carbocycles. The van der Waals surface area contributed by atoms with E-state index in [9.17, 15) is 4.79 Å². The molecule has 1 rings (SSSR count). The predicted molar refractivity (Wildman–Crippen MR) is 126 cm³/mol. The van der Waals surface area contributed by atoms with Crippen molar-refractivity contribution in [1.29, 1.82) is 0 Å². The second-order valence-electron chi connectivity index (χ2n) is 8.06. The highest BCUT2D eigenvalue weighted by Crippen LogP contribution is 2.36. The van der Waals surface area contributed by atoms with Crippen molar-refractivity contribution in [2.75, 3.05) is 13.2 Å². The molecular weight excluding hydrogens is 380 g/mol. The number of ether oxygens (including phenoxy) is 2. The van der Waals surface area contributed by atoms with Crippen molar-refractivity contribution in [3.8, 4) is 11.5 Å². The number of carbonyl (C=O) groups excluding carboxylic acids is 1. The molecule has 1 heterocycles. The highest BCUT2D eigenvalue weighted by molar-refractivity contribution is 7.12. The van der Waals surface area contributed by atoms with E-state index in [1.54, 1.807) is 0 Å². The molecule has 0 fully saturated rings. The van der Waals surface area contributed by atoms with Crippen molar-refractivity contribution in [3.05, 3.63) is 10.3 Å². The molecule has 0 atom stereocenters. The van der Waals surface area contributed by atoms with Gasteiger partial charge in [0, 0.05) is 5.38 Å². The highest BCUT2D eigenvalue weighted by Gasteiger charge is 2.14. The number of aldehydes is 1. The fraction of sp³-hybridized carbons (Fsp3) is 0.800. The molecule has 0 aliphatic carbocycles. The Hall–Kier alpha value is -1.03. The molecule has 0 unspecified atom stereocenters. The van der Waals surface area contributed by atoms with E-state index in [1.807, 2.05) is 5.38 Å². The maximum Gasteiger partial charge on any atom is 0.182 e. The second-order valence-corrected chi connectivity index (χ2v) is 8.97. The van der Waals surface area contributed by atoms with Gasteiger partial charge in [0.2, 0.25) is 0 Å². The van der Waals surface area contributed by atoms with E-state index in [0.717, 1.165) is 24.9 Å². The molecule has 0 bridgehead atoms. The van der Waals surface area contributed by atoms with Crippen LogP contribution in [0.4, 0.5) is 0 Å². The molecule has 29 heavy (non-hydrogen) atoms. The standard InChI is InChI=1S/C25H44O3S/c1-3-5-7-9-11-13-15-17-19-27-23-22-29-24(21-26)25(23)28-20-18-16-14-12-10-8-6-4-2/h21-22H,3-20H2,1-2H3. The first-order valence-electron chi connectivity index (χ1n) is 12.2. The van der Waals surface area contributed by atoms with Gasteiger partial charge in [0.1, 0.15) is 4.88 Å². The van der Waals surface area contributed by atoms with Crippen LogP contribution in [-0.4, -0.2) is 19.5 Å². The molecule has 3 nitrogen and oxygen atoms in total. The summed E-state index contributed by atoms with van der Waals surface area (Å²) in [5, 5.41) is 1.91. The van der Waals surface area contributed by atoms with Crippen LogP contribution in [0.1, 0.15) is 126 Å². The Morgan fingerprint density at radius 2 is 1.14 bits per heavy atom. The van der Waals surface area contributed by atoms with Gasteiger partial charge in [-0.3, -0.25) is 4.79 Å². The Balaban J connectivity index is 2.15. The average Bonchev–Trinajstić information content (AvgIpc) is 3.13. The third-order valence-corrected chi connectivity index (χ3v) is 6.21. The van der Waals surface area contributed by atoms with Crippen LogP contribution in [0.25, 0.3) is 0 Å².